The van der Waals surface area contributed by atoms with E-state index in [9.17, 15) is 9.59 Å². The van der Waals surface area contributed by atoms with Gasteiger partial charge in [0.15, 0.2) is 0 Å². The van der Waals surface area contributed by atoms with Crippen LogP contribution in [0, 0.1) is 0 Å². The maximum absolute atomic E-state index is 11.6. The Balaban J connectivity index is 2.35. The Morgan fingerprint density at radius 1 is 1.32 bits per heavy atom. The highest BCUT2D eigenvalue weighted by Crippen LogP contribution is 2.13. The van der Waals surface area contributed by atoms with E-state index in [-0.39, 0.29) is 18.4 Å². The molecule has 0 spiro atoms. The van der Waals surface area contributed by atoms with Crippen LogP contribution in [0.25, 0.3) is 0 Å². The Morgan fingerprint density at radius 3 is 2.53 bits per heavy atom. The number of benzene rings is 1. The average molecular weight is 328 g/mol. The molecule has 1 aromatic carbocycles. The van der Waals surface area contributed by atoms with E-state index >= 15 is 0 Å². The zero-order chi connectivity index (χ0) is 14.3. The summed E-state index contributed by atoms with van der Waals surface area (Å²) in [4.78, 5) is 23.1. The van der Waals surface area contributed by atoms with Gasteiger partial charge in [0.2, 0.25) is 11.8 Å². The number of nitrogens with one attached hydrogen (secondary N) is 2. The third-order valence-corrected chi connectivity index (χ3v) is 3.02. The van der Waals surface area contributed by atoms with Crippen molar-refractivity contribution in [2.75, 3.05) is 11.9 Å². The van der Waals surface area contributed by atoms with Gasteiger partial charge in [0.25, 0.3) is 0 Å². The van der Waals surface area contributed by atoms with Crippen LogP contribution in [0.3, 0.4) is 0 Å². The van der Waals surface area contributed by atoms with Crippen molar-refractivity contribution in [3.63, 3.8) is 0 Å². The van der Waals surface area contributed by atoms with E-state index in [1.165, 1.54) is 0 Å². The predicted octanol–water partition coefficient (Wildman–Crippen LogP) is 1.63. The van der Waals surface area contributed by atoms with E-state index in [4.69, 9.17) is 5.73 Å². The molecule has 1 rings (SSSR count). The molecule has 0 bridgehead atoms. The monoisotopic (exact) mass is 327 g/mol. The lowest BCUT2D eigenvalue weighted by Crippen LogP contribution is -2.43. The lowest BCUT2D eigenvalue weighted by molar-refractivity contribution is -0.125. The molecule has 0 aromatic heterocycles. The number of carbonyl (C=O) groups excluding carboxylic acids is 2. The van der Waals surface area contributed by atoms with Crippen molar-refractivity contribution in [3.8, 4) is 0 Å². The molecule has 0 saturated carbocycles. The molecule has 5 nitrogen and oxygen atoms in total. The second kappa shape index (κ2) is 7.91. The Bertz CT molecular complexity index is 434. The Labute approximate surface area is 121 Å². The van der Waals surface area contributed by atoms with Crippen molar-refractivity contribution in [2.45, 2.75) is 25.8 Å². The first-order valence-electron chi connectivity index (χ1n) is 6.11. The van der Waals surface area contributed by atoms with Gasteiger partial charge in [-0.05, 0) is 30.7 Å². The van der Waals surface area contributed by atoms with Gasteiger partial charge in [-0.15, -0.1) is 0 Å². The predicted molar refractivity (Wildman–Crippen MR) is 78.7 cm³/mol. The number of rotatable bonds is 6. The fourth-order valence-electron chi connectivity index (χ4n) is 1.48. The molecule has 0 saturated heterocycles. The minimum atomic E-state index is -0.550. The van der Waals surface area contributed by atoms with E-state index in [0.717, 1.165) is 10.9 Å². The van der Waals surface area contributed by atoms with Crippen molar-refractivity contribution >= 4 is 33.4 Å². The Morgan fingerprint density at radius 2 is 1.95 bits per heavy atom. The number of hydrogen-bond acceptors (Lipinski definition) is 3. The molecule has 2 amide bonds. The lowest BCUT2D eigenvalue weighted by atomic mass is 10.2. The van der Waals surface area contributed by atoms with Gasteiger partial charge >= 0.3 is 0 Å². The Kier molecular flexibility index (Phi) is 6.52. The van der Waals surface area contributed by atoms with Gasteiger partial charge in [0.1, 0.15) is 0 Å². The second-order valence-electron chi connectivity index (χ2n) is 4.17. The summed E-state index contributed by atoms with van der Waals surface area (Å²) in [5.41, 5.74) is 6.32. The van der Waals surface area contributed by atoms with Crippen LogP contribution in [-0.2, 0) is 9.59 Å². The molecule has 6 heteroatoms. The van der Waals surface area contributed by atoms with Gasteiger partial charge in [-0.2, -0.15) is 0 Å². The molecule has 104 valence electrons. The molecule has 0 aliphatic carbocycles. The van der Waals surface area contributed by atoms with Gasteiger partial charge < -0.3 is 16.4 Å². The number of carbonyl (C=O) groups is 2. The number of amides is 2. The molecule has 0 aliphatic heterocycles. The fourth-order valence-corrected chi connectivity index (χ4v) is 1.74. The smallest absolute Gasteiger partial charge is 0.243 e. The standard InChI is InChI=1S/C13H18BrN3O2/c1-2-3-11(15)13(19)16-8-12(18)17-10-6-4-9(14)5-7-10/h4-7,11H,2-3,8,15H2,1H3,(H,16,19)(H,17,18). The first-order chi connectivity index (χ1) is 9.02. The van der Waals surface area contributed by atoms with E-state index in [2.05, 4.69) is 26.6 Å². The molecule has 0 radical (unpaired) electrons. The third kappa shape index (κ3) is 5.85. The van der Waals surface area contributed by atoms with Crippen LogP contribution < -0.4 is 16.4 Å². The van der Waals surface area contributed by atoms with E-state index in [1.807, 2.05) is 19.1 Å². The largest absolute Gasteiger partial charge is 0.346 e. The van der Waals surface area contributed by atoms with Gasteiger partial charge in [0, 0.05) is 10.2 Å². The number of hydrogen-bond donors (Lipinski definition) is 3. The van der Waals surface area contributed by atoms with Crippen LogP contribution in [0.4, 0.5) is 5.69 Å². The summed E-state index contributed by atoms with van der Waals surface area (Å²) in [6, 6.07) is 6.64. The number of nitrogens with two attached hydrogens (primary N) is 1. The summed E-state index contributed by atoms with van der Waals surface area (Å²) in [6.45, 7) is 1.87. The SMILES string of the molecule is CCCC(N)C(=O)NCC(=O)Nc1ccc(Br)cc1. The fraction of sp³-hybridized carbons (Fsp3) is 0.385. The summed E-state index contributed by atoms with van der Waals surface area (Å²) in [5, 5.41) is 5.19. The minimum Gasteiger partial charge on any atom is -0.346 e. The summed E-state index contributed by atoms with van der Waals surface area (Å²) in [7, 11) is 0. The van der Waals surface area contributed by atoms with Gasteiger partial charge in [-0.1, -0.05) is 29.3 Å². The molecular formula is C13H18BrN3O2. The van der Waals surface area contributed by atoms with Crippen LogP contribution in [0.5, 0.6) is 0 Å². The quantitative estimate of drug-likeness (QED) is 0.742. The second-order valence-corrected chi connectivity index (χ2v) is 5.08. The zero-order valence-corrected chi connectivity index (χ0v) is 12.4. The molecule has 4 N–H and O–H groups in total. The van der Waals surface area contributed by atoms with E-state index in [0.29, 0.717) is 12.1 Å². The molecule has 0 fully saturated rings. The highest BCUT2D eigenvalue weighted by Gasteiger charge is 2.13. The number of anilines is 1. The molecule has 1 atom stereocenters. The summed E-state index contributed by atoms with van der Waals surface area (Å²) >= 11 is 3.31. The molecule has 0 heterocycles. The maximum Gasteiger partial charge on any atom is 0.243 e. The van der Waals surface area contributed by atoms with Crippen LogP contribution >= 0.6 is 15.9 Å². The van der Waals surface area contributed by atoms with E-state index in [1.54, 1.807) is 12.1 Å². The van der Waals surface area contributed by atoms with Gasteiger partial charge in [0.05, 0.1) is 12.6 Å². The van der Waals surface area contributed by atoms with Gasteiger partial charge in [-0.25, -0.2) is 0 Å². The van der Waals surface area contributed by atoms with E-state index < -0.39 is 6.04 Å². The average Bonchev–Trinajstić information content (AvgIpc) is 2.39. The normalized spacial score (nSPS) is 11.7. The van der Waals surface area contributed by atoms with Crippen LogP contribution in [0.2, 0.25) is 0 Å². The third-order valence-electron chi connectivity index (χ3n) is 2.49. The lowest BCUT2D eigenvalue weighted by Gasteiger charge is -2.11. The molecule has 1 unspecified atom stereocenters. The summed E-state index contributed by atoms with van der Waals surface area (Å²) in [5.74, 6) is -0.577. The van der Waals surface area contributed by atoms with Crippen LogP contribution in [0.1, 0.15) is 19.8 Å². The summed E-state index contributed by atoms with van der Waals surface area (Å²) < 4.78 is 0.935. The highest BCUT2D eigenvalue weighted by atomic mass is 79.9. The van der Waals surface area contributed by atoms with Crippen molar-refractivity contribution in [3.05, 3.63) is 28.7 Å². The highest BCUT2D eigenvalue weighted by molar-refractivity contribution is 9.10. The minimum absolute atomic E-state index is 0.0771. The first kappa shape index (κ1) is 15.7. The van der Waals surface area contributed by atoms with Gasteiger partial charge in [-0.3, -0.25) is 9.59 Å². The summed E-state index contributed by atoms with van der Waals surface area (Å²) in [6.07, 6.45) is 1.44. The van der Waals surface area contributed by atoms with Crippen molar-refractivity contribution in [1.29, 1.82) is 0 Å². The topological polar surface area (TPSA) is 84.2 Å². The molecular weight excluding hydrogens is 310 g/mol. The first-order valence-corrected chi connectivity index (χ1v) is 6.91. The number of halogens is 1. The molecule has 19 heavy (non-hydrogen) atoms. The van der Waals surface area contributed by atoms with Crippen molar-refractivity contribution in [2.24, 2.45) is 5.73 Å². The molecule has 1 aromatic rings. The Hall–Kier alpha value is -1.40. The van der Waals surface area contributed by atoms with Crippen LogP contribution in [0.15, 0.2) is 28.7 Å². The van der Waals surface area contributed by atoms with Crippen molar-refractivity contribution in [1.82, 2.24) is 5.32 Å². The zero-order valence-electron chi connectivity index (χ0n) is 10.8. The van der Waals surface area contributed by atoms with Crippen molar-refractivity contribution < 1.29 is 9.59 Å². The maximum atomic E-state index is 11.6. The van der Waals surface area contributed by atoms with Crippen LogP contribution in [-0.4, -0.2) is 24.4 Å². The molecule has 0 aliphatic rings.